The maximum absolute atomic E-state index is 9.25. The van der Waals surface area contributed by atoms with Crippen LogP contribution in [0.4, 0.5) is 0 Å². The number of hydrogen-bond acceptors (Lipinski definition) is 2. The average molecular weight is 262 g/mol. The molecule has 2 atom stereocenters. The van der Waals surface area contributed by atoms with Crippen LogP contribution < -0.4 is 5.32 Å². The summed E-state index contributed by atoms with van der Waals surface area (Å²) in [5, 5.41) is 13.8. The fraction of sp³-hybridized carbons (Fsp3) is 0.500. The second-order valence-corrected chi connectivity index (χ2v) is 4.67. The second kappa shape index (κ2) is 6.45. The van der Waals surface area contributed by atoms with E-state index < -0.39 is 0 Å². The van der Waals surface area contributed by atoms with Crippen molar-refractivity contribution in [2.75, 3.05) is 6.54 Å². The molecule has 16 heavy (non-hydrogen) atoms. The lowest BCUT2D eigenvalue weighted by molar-refractivity contribution is 0.185. The van der Waals surface area contributed by atoms with Crippen molar-refractivity contribution in [3.63, 3.8) is 0 Å². The van der Waals surface area contributed by atoms with Gasteiger partial charge in [0.25, 0.3) is 0 Å². The zero-order valence-electron chi connectivity index (χ0n) is 9.50. The molecule has 0 saturated heterocycles. The first-order valence-corrected chi connectivity index (χ1v) is 6.17. The fourth-order valence-electron chi connectivity index (χ4n) is 1.61. The minimum atomic E-state index is -0.379. The Morgan fingerprint density at radius 3 is 2.31 bits per heavy atom. The Labute approximate surface area is 107 Å². The van der Waals surface area contributed by atoms with Gasteiger partial charge in [-0.2, -0.15) is 0 Å². The van der Waals surface area contributed by atoms with Crippen LogP contribution >= 0.6 is 23.2 Å². The number of aliphatic hydroxyl groups excluding tert-OH is 1. The number of aliphatic hydroxyl groups is 1. The van der Waals surface area contributed by atoms with E-state index in [-0.39, 0.29) is 12.1 Å². The van der Waals surface area contributed by atoms with Gasteiger partial charge >= 0.3 is 0 Å². The Kier molecular flexibility index (Phi) is 5.56. The topological polar surface area (TPSA) is 32.3 Å². The van der Waals surface area contributed by atoms with Crippen molar-refractivity contribution in [1.29, 1.82) is 0 Å². The molecule has 0 amide bonds. The highest BCUT2D eigenvalue weighted by atomic mass is 35.5. The summed E-state index contributed by atoms with van der Waals surface area (Å²) in [6.07, 6.45) is 0.492. The van der Waals surface area contributed by atoms with Gasteiger partial charge in [-0.1, -0.05) is 36.2 Å². The average Bonchev–Trinajstić information content (AvgIpc) is 2.22. The Hall–Kier alpha value is -0.280. The minimum Gasteiger partial charge on any atom is -0.392 e. The van der Waals surface area contributed by atoms with Gasteiger partial charge in [-0.25, -0.2) is 0 Å². The second-order valence-electron chi connectivity index (χ2n) is 3.85. The van der Waals surface area contributed by atoms with Gasteiger partial charge in [-0.15, -0.1) is 0 Å². The Morgan fingerprint density at radius 1 is 1.31 bits per heavy atom. The van der Waals surface area contributed by atoms with Crippen molar-refractivity contribution in [2.24, 2.45) is 0 Å². The van der Waals surface area contributed by atoms with Crippen molar-refractivity contribution >= 4 is 23.2 Å². The van der Waals surface area contributed by atoms with Gasteiger partial charge in [0.15, 0.2) is 0 Å². The quantitative estimate of drug-likeness (QED) is 0.852. The van der Waals surface area contributed by atoms with Gasteiger partial charge in [0.05, 0.1) is 6.10 Å². The van der Waals surface area contributed by atoms with Crippen molar-refractivity contribution in [1.82, 2.24) is 5.32 Å². The van der Waals surface area contributed by atoms with E-state index >= 15 is 0 Å². The molecular formula is C12H17Cl2NO. The van der Waals surface area contributed by atoms with Crippen LogP contribution in [-0.4, -0.2) is 17.8 Å². The monoisotopic (exact) mass is 261 g/mol. The van der Waals surface area contributed by atoms with Gasteiger partial charge in [0.2, 0.25) is 0 Å². The maximum Gasteiger partial charge on any atom is 0.0636 e. The van der Waals surface area contributed by atoms with Gasteiger partial charge in [-0.3, -0.25) is 0 Å². The molecule has 1 rings (SSSR count). The zero-order valence-corrected chi connectivity index (χ0v) is 11.0. The first-order chi connectivity index (χ1) is 7.56. The standard InChI is InChI=1S/C12H17Cl2NO/c1-3-11(15-7-8(2)16)12-9(13)5-4-6-10(12)14/h4-6,8,11,15-16H,3,7H2,1-2H3/t8-,11?/m1/s1. The van der Waals surface area contributed by atoms with Crippen molar-refractivity contribution < 1.29 is 5.11 Å². The first kappa shape index (κ1) is 13.8. The molecule has 0 spiro atoms. The number of nitrogens with one attached hydrogen (secondary N) is 1. The summed E-state index contributed by atoms with van der Waals surface area (Å²) >= 11 is 12.3. The summed E-state index contributed by atoms with van der Waals surface area (Å²) in [7, 11) is 0. The molecule has 1 aromatic carbocycles. The third-order valence-electron chi connectivity index (χ3n) is 2.42. The summed E-state index contributed by atoms with van der Waals surface area (Å²) in [5.74, 6) is 0. The van der Waals surface area contributed by atoms with E-state index in [1.54, 1.807) is 6.92 Å². The molecule has 0 saturated carbocycles. The largest absolute Gasteiger partial charge is 0.392 e. The Balaban J connectivity index is 2.86. The third kappa shape index (κ3) is 3.63. The predicted molar refractivity (Wildman–Crippen MR) is 69.2 cm³/mol. The molecule has 0 aliphatic rings. The maximum atomic E-state index is 9.25. The van der Waals surface area contributed by atoms with E-state index in [1.807, 2.05) is 18.2 Å². The highest BCUT2D eigenvalue weighted by Crippen LogP contribution is 2.31. The molecule has 0 fully saturated rings. The van der Waals surface area contributed by atoms with Crippen LogP contribution in [0.25, 0.3) is 0 Å². The summed E-state index contributed by atoms with van der Waals surface area (Å²) in [6, 6.07) is 5.57. The molecule has 4 heteroatoms. The van der Waals surface area contributed by atoms with Crippen LogP contribution in [0.1, 0.15) is 31.9 Å². The lowest BCUT2D eigenvalue weighted by Gasteiger charge is -2.20. The highest BCUT2D eigenvalue weighted by Gasteiger charge is 2.16. The number of halogens is 2. The van der Waals surface area contributed by atoms with E-state index in [4.69, 9.17) is 23.2 Å². The zero-order chi connectivity index (χ0) is 12.1. The SMILES string of the molecule is CCC(NC[C@@H](C)O)c1c(Cl)cccc1Cl. The third-order valence-corrected chi connectivity index (χ3v) is 3.08. The van der Waals surface area contributed by atoms with Crippen molar-refractivity contribution in [3.8, 4) is 0 Å². The molecular weight excluding hydrogens is 245 g/mol. The van der Waals surface area contributed by atoms with Gasteiger partial charge in [0.1, 0.15) is 0 Å². The molecule has 0 aliphatic carbocycles. The van der Waals surface area contributed by atoms with Crippen LogP contribution in [0.5, 0.6) is 0 Å². The van der Waals surface area contributed by atoms with Crippen LogP contribution in [0.15, 0.2) is 18.2 Å². The molecule has 0 bridgehead atoms. The molecule has 90 valence electrons. The number of hydrogen-bond donors (Lipinski definition) is 2. The minimum absolute atomic E-state index is 0.0794. The molecule has 0 heterocycles. The molecule has 1 unspecified atom stereocenters. The van der Waals surface area contributed by atoms with Crippen LogP contribution in [0, 0.1) is 0 Å². The highest BCUT2D eigenvalue weighted by molar-refractivity contribution is 6.36. The van der Waals surface area contributed by atoms with E-state index in [0.717, 1.165) is 12.0 Å². The van der Waals surface area contributed by atoms with Gasteiger partial charge in [0, 0.05) is 28.2 Å². The fourth-order valence-corrected chi connectivity index (χ4v) is 2.27. The summed E-state index contributed by atoms with van der Waals surface area (Å²) in [6.45, 7) is 4.33. The van der Waals surface area contributed by atoms with Gasteiger partial charge in [-0.05, 0) is 25.5 Å². The number of rotatable bonds is 5. The van der Waals surface area contributed by atoms with Crippen LogP contribution in [-0.2, 0) is 0 Å². The predicted octanol–water partition coefficient (Wildman–Crippen LogP) is 3.41. The van der Waals surface area contributed by atoms with E-state index in [9.17, 15) is 5.11 Å². The normalized spacial score (nSPS) is 14.8. The lowest BCUT2D eigenvalue weighted by atomic mass is 10.0. The summed E-state index contributed by atoms with van der Waals surface area (Å²) < 4.78 is 0. The molecule has 0 radical (unpaired) electrons. The Bertz CT molecular complexity index is 322. The van der Waals surface area contributed by atoms with Gasteiger partial charge < -0.3 is 10.4 Å². The summed E-state index contributed by atoms with van der Waals surface area (Å²) in [4.78, 5) is 0. The first-order valence-electron chi connectivity index (χ1n) is 5.41. The Morgan fingerprint density at radius 2 is 1.88 bits per heavy atom. The van der Waals surface area contributed by atoms with Crippen molar-refractivity contribution in [3.05, 3.63) is 33.8 Å². The van der Waals surface area contributed by atoms with Crippen LogP contribution in [0.3, 0.4) is 0 Å². The molecule has 0 aliphatic heterocycles. The van der Waals surface area contributed by atoms with E-state index in [1.165, 1.54) is 0 Å². The lowest BCUT2D eigenvalue weighted by Crippen LogP contribution is -2.28. The van der Waals surface area contributed by atoms with E-state index in [2.05, 4.69) is 12.2 Å². The van der Waals surface area contributed by atoms with Crippen LogP contribution in [0.2, 0.25) is 10.0 Å². The molecule has 0 aromatic heterocycles. The molecule has 2 N–H and O–H groups in total. The molecule has 1 aromatic rings. The smallest absolute Gasteiger partial charge is 0.0636 e. The summed E-state index contributed by atoms with van der Waals surface area (Å²) in [5.41, 5.74) is 0.911. The number of benzene rings is 1. The van der Waals surface area contributed by atoms with Crippen molar-refractivity contribution in [2.45, 2.75) is 32.4 Å². The molecule has 2 nitrogen and oxygen atoms in total. The van der Waals surface area contributed by atoms with E-state index in [0.29, 0.717) is 16.6 Å².